The van der Waals surface area contributed by atoms with E-state index in [9.17, 15) is 9.59 Å². The minimum atomic E-state index is -0.786. The van der Waals surface area contributed by atoms with Gasteiger partial charge in [0, 0.05) is 28.8 Å². The Morgan fingerprint density at radius 2 is 2.06 bits per heavy atom. The molecule has 164 valence electrons. The van der Waals surface area contributed by atoms with E-state index in [0.717, 1.165) is 30.2 Å². The zero-order valence-corrected chi connectivity index (χ0v) is 17.8. The van der Waals surface area contributed by atoms with E-state index in [1.54, 1.807) is 6.07 Å². The average Bonchev–Trinajstić information content (AvgIpc) is 3.09. The quantitative estimate of drug-likeness (QED) is 0.371. The maximum atomic E-state index is 11.9. The van der Waals surface area contributed by atoms with Crippen LogP contribution in [0, 0.1) is 0 Å². The highest BCUT2D eigenvalue weighted by Crippen LogP contribution is 2.36. The highest BCUT2D eigenvalue weighted by Gasteiger charge is 2.23. The van der Waals surface area contributed by atoms with E-state index in [4.69, 9.17) is 19.3 Å². The van der Waals surface area contributed by atoms with Gasteiger partial charge in [-0.25, -0.2) is 0 Å². The van der Waals surface area contributed by atoms with E-state index >= 15 is 0 Å². The first-order valence-corrected chi connectivity index (χ1v) is 10.6. The van der Waals surface area contributed by atoms with Crippen molar-refractivity contribution in [3.8, 4) is 0 Å². The van der Waals surface area contributed by atoms with Crippen molar-refractivity contribution in [1.82, 2.24) is 19.7 Å². The molecule has 0 aliphatic heterocycles. The molecular formula is C21H25BN8O2. The van der Waals surface area contributed by atoms with Crippen LogP contribution in [0.4, 0.5) is 17.5 Å². The third kappa shape index (κ3) is 4.23. The first-order valence-electron chi connectivity index (χ1n) is 10.6. The number of nitrogens with zero attached hydrogens (tertiary/aromatic N) is 4. The average molecular weight is 432 g/mol. The summed E-state index contributed by atoms with van der Waals surface area (Å²) >= 11 is 0. The number of nitrogens with two attached hydrogens (primary N) is 2. The smallest absolute Gasteiger partial charge is 0.273 e. The molecule has 1 aliphatic rings. The summed E-state index contributed by atoms with van der Waals surface area (Å²) in [6.45, 7) is 1.93. The summed E-state index contributed by atoms with van der Waals surface area (Å²) in [5, 5.41) is 14.7. The number of carbonyl (C=O) groups is 2. The van der Waals surface area contributed by atoms with Gasteiger partial charge >= 0.3 is 0 Å². The number of primary amides is 2. The van der Waals surface area contributed by atoms with Crippen LogP contribution in [-0.4, -0.2) is 45.5 Å². The lowest BCUT2D eigenvalue weighted by Crippen LogP contribution is -2.36. The van der Waals surface area contributed by atoms with Gasteiger partial charge in [0.15, 0.2) is 11.5 Å². The zero-order valence-electron chi connectivity index (χ0n) is 17.8. The maximum Gasteiger partial charge on any atom is 0.273 e. The van der Waals surface area contributed by atoms with E-state index in [2.05, 4.69) is 30.4 Å². The van der Waals surface area contributed by atoms with Crippen molar-refractivity contribution < 1.29 is 9.59 Å². The molecule has 2 amide bonds. The molecule has 0 saturated heterocycles. The number of carbonyl (C=O) groups excluding carboxylic acids is 2. The summed E-state index contributed by atoms with van der Waals surface area (Å²) in [6.07, 6.45) is 6.77. The second-order valence-electron chi connectivity index (χ2n) is 8.02. The van der Waals surface area contributed by atoms with Gasteiger partial charge in [-0.2, -0.15) is 4.98 Å². The molecule has 0 bridgehead atoms. The van der Waals surface area contributed by atoms with Crippen molar-refractivity contribution in [2.75, 3.05) is 10.6 Å². The van der Waals surface area contributed by atoms with Crippen LogP contribution >= 0.6 is 0 Å². The lowest BCUT2D eigenvalue weighted by atomic mass is 9.91. The zero-order chi connectivity index (χ0) is 22.8. The topological polar surface area (TPSA) is 154 Å². The van der Waals surface area contributed by atoms with Gasteiger partial charge in [0.2, 0.25) is 11.9 Å². The minimum absolute atomic E-state index is 0.0573. The van der Waals surface area contributed by atoms with Gasteiger partial charge in [0.25, 0.3) is 5.91 Å². The fourth-order valence-corrected chi connectivity index (χ4v) is 3.87. The van der Waals surface area contributed by atoms with Crippen molar-refractivity contribution in [2.45, 2.75) is 51.1 Å². The molecule has 1 fully saturated rings. The van der Waals surface area contributed by atoms with Crippen LogP contribution in [0.5, 0.6) is 0 Å². The largest absolute Gasteiger partial charge is 0.368 e. The summed E-state index contributed by atoms with van der Waals surface area (Å²) in [5.74, 6) is -1.15. The number of aromatic nitrogens is 4. The Morgan fingerprint density at radius 3 is 2.69 bits per heavy atom. The van der Waals surface area contributed by atoms with Gasteiger partial charge < -0.3 is 26.7 Å². The van der Waals surface area contributed by atoms with E-state index in [0.29, 0.717) is 23.6 Å². The Labute approximate surface area is 186 Å². The Kier molecular flexibility index (Phi) is 5.98. The minimum Gasteiger partial charge on any atom is -0.368 e. The molecule has 1 saturated carbocycles. The lowest BCUT2D eigenvalue weighted by Gasteiger charge is -2.28. The molecule has 4 rings (SSSR count). The molecule has 6 N–H and O–H groups in total. The summed E-state index contributed by atoms with van der Waals surface area (Å²) in [4.78, 5) is 28.0. The summed E-state index contributed by atoms with van der Waals surface area (Å²) in [6, 6.07) is 5.49. The number of amides is 2. The number of hydrogen-bond acceptors (Lipinski definition) is 7. The number of fused-ring (bicyclic) bond motifs is 1. The Bertz CT molecular complexity index is 1170. The molecule has 1 atom stereocenters. The molecule has 0 spiro atoms. The highest BCUT2D eigenvalue weighted by atomic mass is 16.1. The Hall–Kier alpha value is -3.63. The van der Waals surface area contributed by atoms with E-state index in [-0.39, 0.29) is 17.5 Å². The predicted molar refractivity (Wildman–Crippen MR) is 123 cm³/mol. The number of benzene rings is 1. The number of hydrogen-bond donors (Lipinski definition) is 4. The van der Waals surface area contributed by atoms with E-state index in [1.165, 1.54) is 6.42 Å². The van der Waals surface area contributed by atoms with Gasteiger partial charge in [0.1, 0.15) is 13.9 Å². The van der Waals surface area contributed by atoms with Crippen LogP contribution in [-0.2, 0) is 4.79 Å². The van der Waals surface area contributed by atoms with Gasteiger partial charge in [0.05, 0.1) is 0 Å². The van der Waals surface area contributed by atoms with Crippen molar-refractivity contribution in [2.24, 2.45) is 11.5 Å². The molecule has 10 nitrogen and oxygen atoms in total. The van der Waals surface area contributed by atoms with Crippen LogP contribution in [0.3, 0.4) is 0 Å². The van der Waals surface area contributed by atoms with Crippen molar-refractivity contribution in [3.63, 3.8) is 0 Å². The first kappa shape index (κ1) is 21.6. The van der Waals surface area contributed by atoms with Crippen LogP contribution < -0.4 is 27.6 Å². The van der Waals surface area contributed by atoms with E-state index < -0.39 is 17.9 Å². The number of anilines is 3. The molecule has 2 heterocycles. The van der Waals surface area contributed by atoms with Crippen molar-refractivity contribution in [3.05, 3.63) is 30.1 Å². The fraction of sp³-hybridized carbons (Fsp3) is 0.381. The van der Waals surface area contributed by atoms with Gasteiger partial charge in [-0.1, -0.05) is 18.8 Å². The van der Waals surface area contributed by atoms with Crippen LogP contribution in [0.1, 0.15) is 55.6 Å². The highest BCUT2D eigenvalue weighted by molar-refractivity contribution is 6.34. The normalized spacial score (nSPS) is 14.7. The number of rotatable bonds is 9. The monoisotopic (exact) mass is 432 g/mol. The summed E-state index contributed by atoms with van der Waals surface area (Å²) in [5.41, 5.74) is 13.0. The second-order valence-corrected chi connectivity index (χ2v) is 8.02. The fourth-order valence-electron chi connectivity index (χ4n) is 3.87. The van der Waals surface area contributed by atoms with Gasteiger partial charge in [-0.15, -0.1) is 10.2 Å². The van der Waals surface area contributed by atoms with Crippen LogP contribution in [0.15, 0.2) is 24.4 Å². The molecule has 3 aromatic rings. The van der Waals surface area contributed by atoms with Gasteiger partial charge in [-0.05, 0) is 43.9 Å². The molecular weight excluding hydrogens is 407 g/mol. The van der Waals surface area contributed by atoms with Gasteiger partial charge in [-0.3, -0.25) is 9.59 Å². The number of nitrogens with one attached hydrogen (secondary N) is 2. The Balaban J connectivity index is 1.71. The lowest BCUT2D eigenvalue weighted by molar-refractivity contribution is -0.118. The van der Waals surface area contributed by atoms with E-state index in [1.807, 2.05) is 25.3 Å². The van der Waals surface area contributed by atoms with Crippen LogP contribution in [0.2, 0.25) is 0 Å². The standard InChI is InChI=1S/C21H25BN8O2/c1-2-4-14(18(23)31)26-21-27-20(17(19(24)32)28-29-21)25-15-9-11(22)10-16-13(15)7-8-30(16)12-5-3-6-12/h7-10,12,14H,2-6H2,1H3,(H2,23,31)(H2,24,32)(H2,25,26,27,29)/t14-/m1/s1. The van der Waals surface area contributed by atoms with Crippen LogP contribution in [0.25, 0.3) is 10.9 Å². The SMILES string of the molecule is [B]c1cc(Nc2nc(N[C@H](CCC)C(N)=O)nnc2C(N)=O)c2ccn(C3CCC3)c2c1. The molecule has 32 heavy (non-hydrogen) atoms. The molecule has 1 aliphatic carbocycles. The van der Waals surface area contributed by atoms with Crippen molar-refractivity contribution in [1.29, 1.82) is 0 Å². The first-order chi connectivity index (χ1) is 15.4. The molecule has 11 heteroatoms. The second kappa shape index (κ2) is 8.85. The van der Waals surface area contributed by atoms with Crippen molar-refractivity contribution >= 4 is 53.5 Å². The summed E-state index contributed by atoms with van der Waals surface area (Å²) in [7, 11) is 6.17. The third-order valence-electron chi connectivity index (χ3n) is 5.73. The molecule has 2 radical (unpaired) electrons. The molecule has 0 unspecified atom stereocenters. The maximum absolute atomic E-state index is 11.9. The molecule has 2 aromatic heterocycles. The summed E-state index contributed by atoms with van der Waals surface area (Å²) < 4.78 is 2.22. The Morgan fingerprint density at radius 1 is 1.28 bits per heavy atom. The third-order valence-corrected chi connectivity index (χ3v) is 5.73. The molecule has 1 aromatic carbocycles. The predicted octanol–water partition coefficient (Wildman–Crippen LogP) is 1.25.